The van der Waals surface area contributed by atoms with E-state index in [2.05, 4.69) is 41.1 Å². The molecule has 5 nitrogen and oxygen atoms in total. The first-order chi connectivity index (χ1) is 12.2. The number of methoxy groups -OCH3 is 1. The first-order valence-electron chi connectivity index (χ1n) is 9.33. The number of rotatable bonds is 6. The third kappa shape index (κ3) is 4.27. The average molecular weight is 340 g/mol. The number of nitrogens with zero attached hydrogens (tertiary/aromatic N) is 4. The first-order valence-corrected chi connectivity index (χ1v) is 9.33. The summed E-state index contributed by atoms with van der Waals surface area (Å²) >= 11 is 0. The zero-order chi connectivity index (χ0) is 17.6. The number of benzene rings is 1. The van der Waals surface area contributed by atoms with E-state index in [1.165, 1.54) is 18.4 Å². The quantitative estimate of drug-likeness (QED) is 0.806. The van der Waals surface area contributed by atoms with Crippen molar-refractivity contribution in [2.45, 2.75) is 46.0 Å². The van der Waals surface area contributed by atoms with Crippen molar-refractivity contribution < 1.29 is 4.74 Å². The van der Waals surface area contributed by atoms with Crippen LogP contribution in [0.2, 0.25) is 0 Å². The van der Waals surface area contributed by atoms with E-state index < -0.39 is 0 Å². The molecule has 1 aromatic heterocycles. The molecule has 0 bridgehead atoms. The monoisotopic (exact) mass is 340 g/mol. The van der Waals surface area contributed by atoms with Gasteiger partial charge in [-0.3, -0.25) is 0 Å². The van der Waals surface area contributed by atoms with Gasteiger partial charge in [-0.2, -0.15) is 5.10 Å². The molecule has 0 N–H and O–H groups in total. The first kappa shape index (κ1) is 17.6. The molecule has 2 aromatic rings. The SMILES string of the molecule is CCc1nnc(N2CCC(Cc3ccc(OC)cc3)CC2)nc1CC. The van der Waals surface area contributed by atoms with Gasteiger partial charge in [0.1, 0.15) is 5.75 Å². The molecule has 0 radical (unpaired) electrons. The molecule has 1 aliphatic heterocycles. The lowest BCUT2D eigenvalue weighted by Gasteiger charge is -2.32. The Morgan fingerprint density at radius 2 is 1.68 bits per heavy atom. The number of aryl methyl sites for hydroxylation is 2. The molecular weight excluding hydrogens is 312 g/mol. The van der Waals surface area contributed by atoms with E-state index in [1.54, 1.807) is 7.11 Å². The van der Waals surface area contributed by atoms with Crippen molar-refractivity contribution >= 4 is 5.95 Å². The second-order valence-electron chi connectivity index (χ2n) is 6.69. The lowest BCUT2D eigenvalue weighted by molar-refractivity contribution is 0.398. The summed E-state index contributed by atoms with van der Waals surface area (Å²) in [6.45, 7) is 6.26. The average Bonchev–Trinajstić information content (AvgIpc) is 2.68. The normalized spacial score (nSPS) is 15.4. The van der Waals surface area contributed by atoms with Gasteiger partial charge in [-0.05, 0) is 55.7 Å². The Hall–Kier alpha value is -2.17. The van der Waals surface area contributed by atoms with Gasteiger partial charge < -0.3 is 9.64 Å². The van der Waals surface area contributed by atoms with Crippen LogP contribution in [0.15, 0.2) is 24.3 Å². The molecule has 0 atom stereocenters. The Balaban J connectivity index is 1.57. The van der Waals surface area contributed by atoms with Crippen LogP contribution in [0.3, 0.4) is 0 Å². The molecule has 0 amide bonds. The highest BCUT2D eigenvalue weighted by molar-refractivity contribution is 5.32. The molecule has 3 rings (SSSR count). The third-order valence-corrected chi connectivity index (χ3v) is 5.08. The molecule has 25 heavy (non-hydrogen) atoms. The van der Waals surface area contributed by atoms with Crippen LogP contribution < -0.4 is 9.64 Å². The van der Waals surface area contributed by atoms with Gasteiger partial charge >= 0.3 is 0 Å². The van der Waals surface area contributed by atoms with E-state index in [1.807, 2.05) is 12.1 Å². The summed E-state index contributed by atoms with van der Waals surface area (Å²) < 4.78 is 5.23. The Bertz CT molecular complexity index is 679. The Labute approximate surface area is 150 Å². The zero-order valence-corrected chi connectivity index (χ0v) is 15.5. The lowest BCUT2D eigenvalue weighted by Crippen LogP contribution is -2.36. The number of anilines is 1. The van der Waals surface area contributed by atoms with Crippen LogP contribution >= 0.6 is 0 Å². The molecule has 2 heterocycles. The fraction of sp³-hybridized carbons (Fsp3) is 0.550. The van der Waals surface area contributed by atoms with Crippen LogP contribution in [0.1, 0.15) is 43.6 Å². The van der Waals surface area contributed by atoms with E-state index >= 15 is 0 Å². The van der Waals surface area contributed by atoms with Crippen LogP contribution in [0, 0.1) is 5.92 Å². The van der Waals surface area contributed by atoms with Crippen molar-refractivity contribution in [3.8, 4) is 5.75 Å². The van der Waals surface area contributed by atoms with Gasteiger partial charge in [0.15, 0.2) is 0 Å². The summed E-state index contributed by atoms with van der Waals surface area (Å²) in [7, 11) is 1.71. The van der Waals surface area contributed by atoms with Crippen LogP contribution in [-0.4, -0.2) is 35.4 Å². The summed E-state index contributed by atoms with van der Waals surface area (Å²) in [6, 6.07) is 8.45. The van der Waals surface area contributed by atoms with Crippen molar-refractivity contribution in [3.63, 3.8) is 0 Å². The third-order valence-electron chi connectivity index (χ3n) is 5.08. The topological polar surface area (TPSA) is 51.1 Å². The largest absolute Gasteiger partial charge is 0.497 e. The minimum atomic E-state index is 0.721. The number of ether oxygens (including phenoxy) is 1. The fourth-order valence-corrected chi connectivity index (χ4v) is 3.49. The number of hydrogen-bond donors (Lipinski definition) is 0. The molecule has 0 unspecified atom stereocenters. The predicted octanol–water partition coefficient (Wildman–Crippen LogP) is 3.46. The van der Waals surface area contributed by atoms with Crippen LogP contribution in [-0.2, 0) is 19.3 Å². The van der Waals surface area contributed by atoms with E-state index in [0.717, 1.165) is 61.4 Å². The van der Waals surface area contributed by atoms with Gasteiger partial charge in [0.25, 0.3) is 0 Å². The van der Waals surface area contributed by atoms with E-state index in [4.69, 9.17) is 9.72 Å². The zero-order valence-electron chi connectivity index (χ0n) is 15.5. The van der Waals surface area contributed by atoms with Crippen molar-refractivity contribution in [2.75, 3.05) is 25.1 Å². The Kier molecular flexibility index (Phi) is 5.84. The van der Waals surface area contributed by atoms with Gasteiger partial charge in [-0.15, -0.1) is 5.10 Å². The van der Waals surface area contributed by atoms with Crippen LogP contribution in [0.4, 0.5) is 5.95 Å². The standard InChI is InChI=1S/C20H28N4O/c1-4-18-19(5-2)22-23-20(21-18)24-12-10-16(11-13-24)14-15-6-8-17(25-3)9-7-15/h6-9,16H,4-5,10-14H2,1-3H3. The predicted molar refractivity (Wildman–Crippen MR) is 100 cm³/mol. The number of piperidine rings is 1. The van der Waals surface area contributed by atoms with Crippen molar-refractivity contribution in [1.82, 2.24) is 15.2 Å². The van der Waals surface area contributed by atoms with Gasteiger partial charge in [-0.25, -0.2) is 4.98 Å². The molecule has 1 saturated heterocycles. The molecule has 134 valence electrons. The number of aromatic nitrogens is 3. The van der Waals surface area contributed by atoms with E-state index in [9.17, 15) is 0 Å². The summed E-state index contributed by atoms with van der Waals surface area (Å²) in [5, 5.41) is 8.74. The minimum absolute atomic E-state index is 0.721. The van der Waals surface area contributed by atoms with Crippen LogP contribution in [0.25, 0.3) is 0 Å². The Morgan fingerprint density at radius 3 is 2.28 bits per heavy atom. The molecule has 0 saturated carbocycles. The molecule has 1 aliphatic rings. The minimum Gasteiger partial charge on any atom is -0.497 e. The van der Waals surface area contributed by atoms with Crippen LogP contribution in [0.5, 0.6) is 5.75 Å². The molecule has 0 spiro atoms. The van der Waals surface area contributed by atoms with Gasteiger partial charge in [0, 0.05) is 13.1 Å². The summed E-state index contributed by atoms with van der Waals surface area (Å²) in [4.78, 5) is 7.04. The second kappa shape index (κ2) is 8.28. The summed E-state index contributed by atoms with van der Waals surface area (Å²) in [6.07, 6.45) is 5.29. The fourth-order valence-electron chi connectivity index (χ4n) is 3.49. The van der Waals surface area contributed by atoms with Gasteiger partial charge in [0.05, 0.1) is 18.5 Å². The van der Waals surface area contributed by atoms with E-state index in [0.29, 0.717) is 0 Å². The number of hydrogen-bond acceptors (Lipinski definition) is 5. The lowest BCUT2D eigenvalue weighted by atomic mass is 9.90. The summed E-state index contributed by atoms with van der Waals surface area (Å²) in [5.41, 5.74) is 3.51. The molecule has 0 aliphatic carbocycles. The maximum absolute atomic E-state index is 5.23. The van der Waals surface area contributed by atoms with E-state index in [-0.39, 0.29) is 0 Å². The van der Waals surface area contributed by atoms with Crippen molar-refractivity contribution in [1.29, 1.82) is 0 Å². The van der Waals surface area contributed by atoms with Crippen molar-refractivity contribution in [2.24, 2.45) is 5.92 Å². The maximum Gasteiger partial charge on any atom is 0.245 e. The smallest absolute Gasteiger partial charge is 0.245 e. The molecule has 1 aromatic carbocycles. The highest BCUT2D eigenvalue weighted by Gasteiger charge is 2.22. The second-order valence-corrected chi connectivity index (χ2v) is 6.69. The van der Waals surface area contributed by atoms with Gasteiger partial charge in [0.2, 0.25) is 5.95 Å². The highest BCUT2D eigenvalue weighted by Crippen LogP contribution is 2.25. The highest BCUT2D eigenvalue weighted by atomic mass is 16.5. The molecule has 5 heteroatoms. The molecule has 1 fully saturated rings. The summed E-state index contributed by atoms with van der Waals surface area (Å²) in [5.74, 6) is 2.44. The molecular formula is C20H28N4O. The van der Waals surface area contributed by atoms with Crippen molar-refractivity contribution in [3.05, 3.63) is 41.2 Å². The van der Waals surface area contributed by atoms with Gasteiger partial charge in [-0.1, -0.05) is 26.0 Å². The maximum atomic E-state index is 5.23. The Morgan fingerprint density at radius 1 is 1.00 bits per heavy atom.